The number of hydrogen-bond donors (Lipinski definition) is 0. The summed E-state index contributed by atoms with van der Waals surface area (Å²) in [5.41, 5.74) is 0. The molecule has 5 fully saturated rings. The molecule has 5 aliphatic rings. The average Bonchev–Trinajstić information content (AvgIpc) is 3.01. The lowest BCUT2D eigenvalue weighted by Crippen LogP contribution is -2.47. The molecule has 0 amide bonds. The van der Waals surface area contributed by atoms with E-state index in [0.29, 0.717) is 48.1 Å². The van der Waals surface area contributed by atoms with E-state index in [4.69, 9.17) is 18.9 Å². The Morgan fingerprint density at radius 3 is 0.700 bits per heavy atom. The molecule has 5 saturated carbocycles. The van der Waals surface area contributed by atoms with Gasteiger partial charge in [0.1, 0.15) is 0 Å². The van der Waals surface area contributed by atoms with Gasteiger partial charge in [-0.2, -0.15) is 0 Å². The maximum absolute atomic E-state index is 6.24. The fourth-order valence-electron chi connectivity index (χ4n) is 11.5. The summed E-state index contributed by atoms with van der Waals surface area (Å²) in [6.07, 6.45) is 17.3. The van der Waals surface area contributed by atoms with Gasteiger partial charge in [-0.3, -0.25) is 0 Å². The molecule has 0 spiro atoms. The first kappa shape index (κ1) is 31.3. The van der Waals surface area contributed by atoms with Gasteiger partial charge in [0.25, 0.3) is 0 Å². The molecular formula is C36H64O4. The van der Waals surface area contributed by atoms with E-state index in [1.165, 1.54) is 77.0 Å². The maximum atomic E-state index is 6.24. The fraction of sp³-hybridized carbons (Fsp3) is 1.00. The predicted octanol–water partition coefficient (Wildman–Crippen LogP) is 8.27. The van der Waals surface area contributed by atoms with Gasteiger partial charge in [0.2, 0.25) is 0 Å². The van der Waals surface area contributed by atoms with E-state index in [9.17, 15) is 0 Å². The third-order valence-electron chi connectivity index (χ3n) is 14.4. The number of fused-ring (bicyclic) bond motifs is 8. The average molecular weight is 561 g/mol. The quantitative estimate of drug-likeness (QED) is 0.347. The van der Waals surface area contributed by atoms with Gasteiger partial charge in [0.15, 0.2) is 0 Å². The highest BCUT2D eigenvalue weighted by Gasteiger charge is 2.48. The van der Waals surface area contributed by atoms with Crippen molar-refractivity contribution >= 4 is 0 Å². The minimum absolute atomic E-state index is 0.427. The number of rotatable bonds is 4. The highest BCUT2D eigenvalue weighted by atomic mass is 16.5. The van der Waals surface area contributed by atoms with Gasteiger partial charge in [-0.15, -0.1) is 0 Å². The molecule has 40 heavy (non-hydrogen) atoms. The molecule has 0 aromatic carbocycles. The van der Waals surface area contributed by atoms with Crippen molar-refractivity contribution in [2.45, 2.75) is 129 Å². The Kier molecular flexibility index (Phi) is 10.7. The van der Waals surface area contributed by atoms with E-state index in [0.717, 1.165) is 47.3 Å². The highest BCUT2D eigenvalue weighted by molar-refractivity contribution is 4.98. The molecule has 0 saturated heterocycles. The maximum Gasteiger partial charge on any atom is 0.0602 e. The summed E-state index contributed by atoms with van der Waals surface area (Å²) in [4.78, 5) is 0. The SMILES string of the molecule is COC1CCC2CC1C(C)C1CCC(OC)C(C1)C(C)C1CCC(OC)C(C1)C(C)C1CCC(OC)C(C1)C2C. The summed E-state index contributed by atoms with van der Waals surface area (Å²) < 4.78 is 25.0. The largest absolute Gasteiger partial charge is 0.381 e. The van der Waals surface area contributed by atoms with Crippen molar-refractivity contribution < 1.29 is 18.9 Å². The lowest BCUT2D eigenvalue weighted by molar-refractivity contribution is -0.0960. The summed E-state index contributed by atoms with van der Waals surface area (Å²) in [5, 5.41) is 0. The number of hydrogen-bond acceptors (Lipinski definition) is 4. The Balaban J connectivity index is 1.50. The first-order valence-corrected chi connectivity index (χ1v) is 17.4. The summed E-state index contributed by atoms with van der Waals surface area (Å²) in [5.74, 6) is 8.76. The van der Waals surface area contributed by atoms with Crippen molar-refractivity contribution in [3.63, 3.8) is 0 Å². The van der Waals surface area contributed by atoms with Gasteiger partial charge in [-0.1, -0.05) is 27.7 Å². The van der Waals surface area contributed by atoms with Gasteiger partial charge in [-0.05, 0) is 148 Å². The zero-order valence-electron chi connectivity index (χ0n) is 27.4. The van der Waals surface area contributed by atoms with Crippen molar-refractivity contribution in [1.29, 1.82) is 0 Å². The summed E-state index contributed by atoms with van der Waals surface area (Å²) >= 11 is 0. The lowest BCUT2D eigenvalue weighted by atomic mass is 9.57. The molecule has 8 bridgehead atoms. The second-order valence-electron chi connectivity index (χ2n) is 15.5. The van der Waals surface area contributed by atoms with Crippen LogP contribution in [0.25, 0.3) is 0 Å². The standard InChI is InChI=1S/C36H64O4/c1-21-25-9-13-34(38-6)30(17-25)23(3)27-11-15-36(40-8)32(19-27)24(4)28-12-16-35(39-7)31(20-28)22(2)26-10-14-33(37-5)29(21)18-26/h21-36H,9-20H2,1-8H3. The van der Waals surface area contributed by atoms with Crippen molar-refractivity contribution in [3.05, 3.63) is 0 Å². The van der Waals surface area contributed by atoms with E-state index >= 15 is 0 Å². The molecule has 4 heteroatoms. The molecule has 16 atom stereocenters. The summed E-state index contributed by atoms with van der Waals surface area (Å²) in [6, 6.07) is 0. The number of methoxy groups -OCH3 is 4. The normalized spacial score (nSPS) is 52.2. The number of ether oxygens (including phenoxy) is 4. The van der Waals surface area contributed by atoms with Crippen LogP contribution in [-0.2, 0) is 18.9 Å². The third-order valence-corrected chi connectivity index (χ3v) is 14.4. The molecule has 16 unspecified atom stereocenters. The van der Waals surface area contributed by atoms with Crippen LogP contribution in [0.2, 0.25) is 0 Å². The molecule has 5 aliphatic carbocycles. The van der Waals surface area contributed by atoms with Crippen LogP contribution in [0.1, 0.15) is 105 Å². The Morgan fingerprint density at radius 1 is 0.325 bits per heavy atom. The zero-order valence-corrected chi connectivity index (χ0v) is 27.4. The summed E-state index contributed by atoms with van der Waals surface area (Å²) in [7, 11) is 7.92. The smallest absolute Gasteiger partial charge is 0.0602 e. The second-order valence-corrected chi connectivity index (χ2v) is 15.5. The van der Waals surface area contributed by atoms with E-state index in [1.807, 2.05) is 28.4 Å². The molecule has 0 aromatic rings. The molecule has 0 radical (unpaired) electrons. The van der Waals surface area contributed by atoms with Crippen LogP contribution in [0, 0.1) is 71.0 Å². The van der Waals surface area contributed by atoms with E-state index in [1.54, 1.807) is 0 Å². The van der Waals surface area contributed by atoms with Gasteiger partial charge >= 0.3 is 0 Å². The van der Waals surface area contributed by atoms with Gasteiger partial charge in [0, 0.05) is 28.4 Å². The van der Waals surface area contributed by atoms with Crippen LogP contribution in [0.15, 0.2) is 0 Å². The van der Waals surface area contributed by atoms with Crippen LogP contribution in [0.5, 0.6) is 0 Å². The molecule has 0 heterocycles. The van der Waals surface area contributed by atoms with Crippen LogP contribution in [-0.4, -0.2) is 52.9 Å². The first-order chi connectivity index (χ1) is 19.3. The van der Waals surface area contributed by atoms with E-state index < -0.39 is 0 Å². The Labute approximate surface area is 247 Å². The van der Waals surface area contributed by atoms with Crippen LogP contribution in [0.4, 0.5) is 0 Å². The van der Waals surface area contributed by atoms with Gasteiger partial charge in [-0.25, -0.2) is 0 Å². The van der Waals surface area contributed by atoms with Crippen molar-refractivity contribution in [2.75, 3.05) is 28.4 Å². The molecule has 232 valence electrons. The minimum atomic E-state index is 0.427. The fourth-order valence-corrected chi connectivity index (χ4v) is 11.5. The Morgan fingerprint density at radius 2 is 0.525 bits per heavy atom. The van der Waals surface area contributed by atoms with Crippen LogP contribution < -0.4 is 0 Å². The van der Waals surface area contributed by atoms with Crippen LogP contribution >= 0.6 is 0 Å². The zero-order chi connectivity index (χ0) is 28.6. The third kappa shape index (κ3) is 6.09. The second kappa shape index (κ2) is 13.6. The van der Waals surface area contributed by atoms with Crippen LogP contribution in [0.3, 0.4) is 0 Å². The van der Waals surface area contributed by atoms with Crippen molar-refractivity contribution in [2.24, 2.45) is 71.0 Å². The van der Waals surface area contributed by atoms with Gasteiger partial charge in [0.05, 0.1) is 24.4 Å². The van der Waals surface area contributed by atoms with Crippen molar-refractivity contribution in [1.82, 2.24) is 0 Å². The Hall–Kier alpha value is -0.160. The van der Waals surface area contributed by atoms with Gasteiger partial charge < -0.3 is 18.9 Å². The predicted molar refractivity (Wildman–Crippen MR) is 163 cm³/mol. The summed E-state index contributed by atoms with van der Waals surface area (Å²) in [6.45, 7) is 10.4. The highest BCUT2D eigenvalue weighted by Crippen LogP contribution is 2.53. The molecule has 4 nitrogen and oxygen atoms in total. The molecule has 0 aliphatic heterocycles. The molecule has 0 N–H and O–H groups in total. The topological polar surface area (TPSA) is 36.9 Å². The van der Waals surface area contributed by atoms with E-state index in [-0.39, 0.29) is 0 Å². The minimum Gasteiger partial charge on any atom is -0.381 e. The monoisotopic (exact) mass is 560 g/mol. The Bertz CT molecular complexity index is 659. The molecular weight excluding hydrogens is 496 g/mol. The van der Waals surface area contributed by atoms with E-state index in [2.05, 4.69) is 27.7 Å². The lowest BCUT2D eigenvalue weighted by Gasteiger charge is -2.51. The molecule has 0 aromatic heterocycles. The van der Waals surface area contributed by atoms with Crippen molar-refractivity contribution in [3.8, 4) is 0 Å². The first-order valence-electron chi connectivity index (χ1n) is 17.4. The molecule has 5 rings (SSSR count).